The zero-order chi connectivity index (χ0) is 18.1. The normalized spacial score (nSPS) is 20.8. The molecule has 1 aliphatic carbocycles. The van der Waals surface area contributed by atoms with E-state index in [0.29, 0.717) is 12.5 Å². The molecule has 1 aliphatic heterocycles. The van der Waals surface area contributed by atoms with Gasteiger partial charge in [-0.3, -0.25) is 9.59 Å². The Kier molecular flexibility index (Phi) is 4.26. The van der Waals surface area contributed by atoms with E-state index in [0.717, 1.165) is 43.6 Å². The number of benzene rings is 1. The number of carbonyl (C=O) groups is 1. The molecule has 0 bridgehead atoms. The van der Waals surface area contributed by atoms with Gasteiger partial charge in [-0.05, 0) is 30.7 Å². The molecule has 1 N–H and O–H groups in total. The van der Waals surface area contributed by atoms with Crippen molar-refractivity contribution in [1.82, 2.24) is 15.1 Å². The third kappa shape index (κ3) is 3.11. The van der Waals surface area contributed by atoms with Crippen LogP contribution in [0, 0.1) is 5.92 Å². The van der Waals surface area contributed by atoms with Crippen molar-refractivity contribution in [1.29, 1.82) is 0 Å². The Morgan fingerprint density at radius 2 is 2.08 bits per heavy atom. The summed E-state index contributed by atoms with van der Waals surface area (Å²) in [5.41, 5.74) is 1.58. The standard InChI is InChI=1S/C20H24N4O2/c1-23-18(25)11-17(13-22-23)24-10-7-15(14-24)12-21-19(26)20(8-9-20)16-5-3-2-4-6-16/h2-6,11,13,15H,7-10,12,14H2,1H3,(H,21,26). The highest BCUT2D eigenvalue weighted by Gasteiger charge is 2.51. The first-order valence-electron chi connectivity index (χ1n) is 9.21. The second kappa shape index (κ2) is 6.59. The SMILES string of the molecule is Cn1ncc(N2CCC(CNC(=O)C3(c4ccccc4)CC3)C2)cc1=O. The van der Waals surface area contributed by atoms with Crippen molar-refractivity contribution in [3.8, 4) is 0 Å². The number of aryl methyl sites for hydroxylation is 1. The van der Waals surface area contributed by atoms with Crippen LogP contribution in [0.15, 0.2) is 47.4 Å². The van der Waals surface area contributed by atoms with Gasteiger partial charge in [0.2, 0.25) is 5.91 Å². The molecule has 1 amide bonds. The molecule has 1 saturated carbocycles. The van der Waals surface area contributed by atoms with Crippen LogP contribution in [0.25, 0.3) is 0 Å². The minimum atomic E-state index is -0.310. The average molecular weight is 352 g/mol. The predicted molar refractivity (Wildman–Crippen MR) is 100 cm³/mol. The molecule has 2 aliphatic rings. The minimum Gasteiger partial charge on any atom is -0.370 e. The van der Waals surface area contributed by atoms with Crippen molar-refractivity contribution in [2.75, 3.05) is 24.5 Å². The lowest BCUT2D eigenvalue weighted by molar-refractivity contribution is -0.123. The molecule has 2 fully saturated rings. The quantitative estimate of drug-likeness (QED) is 0.885. The first kappa shape index (κ1) is 16.8. The number of amides is 1. The number of nitrogens with one attached hydrogen (secondary N) is 1. The van der Waals surface area contributed by atoms with Crippen molar-refractivity contribution >= 4 is 11.6 Å². The lowest BCUT2D eigenvalue weighted by atomic mass is 9.95. The zero-order valence-electron chi connectivity index (χ0n) is 15.0. The van der Waals surface area contributed by atoms with E-state index in [2.05, 4.69) is 15.3 Å². The Balaban J connectivity index is 1.34. The lowest BCUT2D eigenvalue weighted by Crippen LogP contribution is -2.38. The van der Waals surface area contributed by atoms with Crippen LogP contribution in [0.1, 0.15) is 24.8 Å². The molecule has 1 atom stereocenters. The molecule has 6 nitrogen and oxygen atoms in total. The monoisotopic (exact) mass is 352 g/mol. The number of anilines is 1. The van der Waals surface area contributed by atoms with Crippen LogP contribution < -0.4 is 15.8 Å². The highest BCUT2D eigenvalue weighted by Crippen LogP contribution is 2.48. The molecular weight excluding hydrogens is 328 g/mol. The van der Waals surface area contributed by atoms with Gasteiger partial charge in [0.25, 0.3) is 5.56 Å². The number of aromatic nitrogens is 2. The van der Waals surface area contributed by atoms with Gasteiger partial charge in [0.15, 0.2) is 0 Å². The highest BCUT2D eigenvalue weighted by atomic mass is 16.2. The second-order valence-corrected chi connectivity index (χ2v) is 7.43. The largest absolute Gasteiger partial charge is 0.370 e. The topological polar surface area (TPSA) is 67.2 Å². The minimum absolute atomic E-state index is 0.0993. The van der Waals surface area contributed by atoms with E-state index in [-0.39, 0.29) is 16.9 Å². The third-order valence-corrected chi connectivity index (χ3v) is 5.67. The molecule has 0 spiro atoms. The fourth-order valence-electron chi connectivity index (χ4n) is 3.80. The van der Waals surface area contributed by atoms with E-state index < -0.39 is 0 Å². The van der Waals surface area contributed by atoms with Gasteiger partial charge in [0, 0.05) is 32.7 Å². The number of hydrogen-bond acceptors (Lipinski definition) is 4. The van der Waals surface area contributed by atoms with Crippen molar-refractivity contribution in [2.45, 2.75) is 24.7 Å². The second-order valence-electron chi connectivity index (χ2n) is 7.43. The fraction of sp³-hybridized carbons (Fsp3) is 0.450. The van der Waals surface area contributed by atoms with Gasteiger partial charge < -0.3 is 10.2 Å². The van der Waals surface area contributed by atoms with Crippen molar-refractivity contribution in [3.05, 3.63) is 58.5 Å². The van der Waals surface area contributed by atoms with Gasteiger partial charge in [-0.1, -0.05) is 30.3 Å². The first-order valence-corrected chi connectivity index (χ1v) is 9.21. The molecule has 1 saturated heterocycles. The van der Waals surface area contributed by atoms with Crippen molar-refractivity contribution < 1.29 is 4.79 Å². The van der Waals surface area contributed by atoms with E-state index in [4.69, 9.17) is 0 Å². The Labute approximate surface area is 152 Å². The summed E-state index contributed by atoms with van der Waals surface area (Å²) in [5, 5.41) is 7.26. The third-order valence-electron chi connectivity index (χ3n) is 5.67. The maximum absolute atomic E-state index is 12.7. The van der Waals surface area contributed by atoms with Gasteiger partial charge in [-0.15, -0.1) is 0 Å². The summed E-state index contributed by atoms with van der Waals surface area (Å²) in [7, 11) is 1.65. The van der Waals surface area contributed by atoms with Gasteiger partial charge in [-0.2, -0.15) is 5.10 Å². The summed E-state index contributed by atoms with van der Waals surface area (Å²) < 4.78 is 1.33. The van der Waals surface area contributed by atoms with Gasteiger partial charge in [0.05, 0.1) is 17.3 Å². The Morgan fingerprint density at radius 1 is 1.31 bits per heavy atom. The van der Waals surface area contributed by atoms with Gasteiger partial charge >= 0.3 is 0 Å². The van der Waals surface area contributed by atoms with E-state index in [1.165, 1.54) is 4.68 Å². The molecule has 136 valence electrons. The summed E-state index contributed by atoms with van der Waals surface area (Å²) in [4.78, 5) is 26.7. The lowest BCUT2D eigenvalue weighted by Gasteiger charge is -2.20. The van der Waals surface area contributed by atoms with Crippen LogP contribution in [0.5, 0.6) is 0 Å². The Hall–Kier alpha value is -2.63. The van der Waals surface area contributed by atoms with Crippen LogP contribution in [0.4, 0.5) is 5.69 Å². The Bertz CT molecular complexity index is 858. The molecule has 1 unspecified atom stereocenters. The van der Waals surface area contributed by atoms with E-state index in [1.807, 2.05) is 30.3 Å². The summed E-state index contributed by atoms with van der Waals surface area (Å²) in [6.07, 6.45) is 4.60. The molecule has 2 heterocycles. The molecule has 26 heavy (non-hydrogen) atoms. The van der Waals surface area contributed by atoms with Crippen molar-refractivity contribution in [3.63, 3.8) is 0 Å². The van der Waals surface area contributed by atoms with E-state index in [1.54, 1.807) is 19.3 Å². The van der Waals surface area contributed by atoms with Crippen LogP contribution >= 0.6 is 0 Å². The van der Waals surface area contributed by atoms with Crippen LogP contribution in [0.2, 0.25) is 0 Å². The summed E-state index contributed by atoms with van der Waals surface area (Å²) >= 11 is 0. The van der Waals surface area contributed by atoms with Gasteiger partial charge in [-0.25, -0.2) is 4.68 Å². The van der Waals surface area contributed by atoms with Crippen LogP contribution in [-0.4, -0.2) is 35.3 Å². The molecule has 0 radical (unpaired) electrons. The molecular formula is C20H24N4O2. The zero-order valence-corrected chi connectivity index (χ0v) is 15.0. The Morgan fingerprint density at radius 3 is 2.77 bits per heavy atom. The highest BCUT2D eigenvalue weighted by molar-refractivity contribution is 5.91. The fourth-order valence-corrected chi connectivity index (χ4v) is 3.80. The number of rotatable bonds is 5. The maximum atomic E-state index is 12.7. The molecule has 1 aromatic carbocycles. The smallest absolute Gasteiger partial charge is 0.268 e. The van der Waals surface area contributed by atoms with Crippen molar-refractivity contribution in [2.24, 2.45) is 13.0 Å². The molecule has 1 aromatic heterocycles. The molecule has 4 rings (SSSR count). The van der Waals surface area contributed by atoms with Gasteiger partial charge in [0.1, 0.15) is 0 Å². The summed E-state index contributed by atoms with van der Waals surface area (Å²) in [6.45, 7) is 2.41. The molecule has 2 aromatic rings. The first-order chi connectivity index (χ1) is 12.6. The summed E-state index contributed by atoms with van der Waals surface area (Å²) in [5.74, 6) is 0.548. The predicted octanol–water partition coefficient (Wildman–Crippen LogP) is 1.45. The van der Waals surface area contributed by atoms with Crippen LogP contribution in [-0.2, 0) is 17.3 Å². The average Bonchev–Trinajstić information content (AvgIpc) is 3.35. The van der Waals surface area contributed by atoms with E-state index >= 15 is 0 Å². The molecule has 6 heteroatoms. The summed E-state index contributed by atoms with van der Waals surface area (Å²) in [6, 6.07) is 11.7. The van der Waals surface area contributed by atoms with E-state index in [9.17, 15) is 9.59 Å². The maximum Gasteiger partial charge on any atom is 0.268 e. The number of hydrogen-bond donors (Lipinski definition) is 1. The van der Waals surface area contributed by atoms with Crippen LogP contribution in [0.3, 0.4) is 0 Å². The number of nitrogens with zero attached hydrogens (tertiary/aromatic N) is 3. The number of carbonyl (C=O) groups excluding carboxylic acids is 1.